The van der Waals surface area contributed by atoms with Crippen LogP contribution >= 0.6 is 0 Å². The second kappa shape index (κ2) is 8.17. The highest BCUT2D eigenvalue weighted by Crippen LogP contribution is 2.16. The molecule has 6 heteroatoms. The highest BCUT2D eigenvalue weighted by atomic mass is 16.2. The van der Waals surface area contributed by atoms with E-state index in [4.69, 9.17) is 0 Å². The summed E-state index contributed by atoms with van der Waals surface area (Å²) in [7, 11) is 0. The minimum Gasteiger partial charge on any atom is -0.370 e. The molecule has 138 valence electrons. The summed E-state index contributed by atoms with van der Waals surface area (Å²) in [4.78, 5) is 25.8. The van der Waals surface area contributed by atoms with Gasteiger partial charge >= 0.3 is 0 Å². The van der Waals surface area contributed by atoms with Crippen LogP contribution in [-0.2, 0) is 11.2 Å². The predicted octanol–water partition coefficient (Wildman–Crippen LogP) is 2.42. The molecule has 0 radical (unpaired) electrons. The van der Waals surface area contributed by atoms with Crippen molar-refractivity contribution < 1.29 is 4.79 Å². The zero-order chi connectivity index (χ0) is 18.5. The monoisotopic (exact) mass is 353 g/mol. The summed E-state index contributed by atoms with van der Waals surface area (Å²) in [5.74, 6) is 1.79. The van der Waals surface area contributed by atoms with Crippen molar-refractivity contribution >= 4 is 17.7 Å². The van der Waals surface area contributed by atoms with E-state index in [1.807, 2.05) is 30.0 Å². The van der Waals surface area contributed by atoms with E-state index in [-0.39, 0.29) is 5.91 Å². The van der Waals surface area contributed by atoms with Crippen molar-refractivity contribution in [1.82, 2.24) is 14.9 Å². The summed E-state index contributed by atoms with van der Waals surface area (Å²) in [6.45, 7) is 9.84. The number of nitrogens with one attached hydrogen (secondary N) is 1. The van der Waals surface area contributed by atoms with Gasteiger partial charge in [-0.05, 0) is 26.3 Å². The SMILES string of the molecule is CCNc1cc(C)nc(N2CCN(C(=O)Cc3cccc(C)c3)CC2)n1. The van der Waals surface area contributed by atoms with Crippen LogP contribution in [0.25, 0.3) is 0 Å². The normalized spacial score (nSPS) is 14.4. The van der Waals surface area contributed by atoms with Gasteiger partial charge in [0.05, 0.1) is 6.42 Å². The molecule has 0 spiro atoms. The maximum Gasteiger partial charge on any atom is 0.227 e. The fourth-order valence-electron chi connectivity index (χ4n) is 3.23. The molecule has 1 aliphatic rings. The number of carbonyl (C=O) groups excluding carboxylic acids is 1. The fourth-order valence-corrected chi connectivity index (χ4v) is 3.23. The zero-order valence-electron chi connectivity index (χ0n) is 15.8. The lowest BCUT2D eigenvalue weighted by Gasteiger charge is -2.35. The lowest BCUT2D eigenvalue weighted by atomic mass is 10.1. The van der Waals surface area contributed by atoms with Crippen LogP contribution in [0.1, 0.15) is 23.7 Å². The number of nitrogens with zero attached hydrogens (tertiary/aromatic N) is 4. The smallest absolute Gasteiger partial charge is 0.227 e. The summed E-state index contributed by atoms with van der Waals surface area (Å²) < 4.78 is 0. The highest BCUT2D eigenvalue weighted by Gasteiger charge is 2.23. The van der Waals surface area contributed by atoms with Crippen LogP contribution in [0.2, 0.25) is 0 Å². The number of amides is 1. The number of benzene rings is 1. The van der Waals surface area contributed by atoms with Crippen LogP contribution in [0.15, 0.2) is 30.3 Å². The van der Waals surface area contributed by atoms with Crippen LogP contribution in [0.3, 0.4) is 0 Å². The van der Waals surface area contributed by atoms with Gasteiger partial charge in [0.2, 0.25) is 11.9 Å². The molecule has 0 aliphatic carbocycles. The molecule has 6 nitrogen and oxygen atoms in total. The molecule has 2 aromatic rings. The second-order valence-electron chi connectivity index (χ2n) is 6.76. The first-order chi connectivity index (χ1) is 12.5. The Hall–Kier alpha value is -2.63. The Morgan fingerprint density at radius 1 is 1.12 bits per heavy atom. The van der Waals surface area contributed by atoms with E-state index in [0.29, 0.717) is 19.5 Å². The quantitative estimate of drug-likeness (QED) is 0.894. The average molecular weight is 353 g/mol. The van der Waals surface area contributed by atoms with Crippen molar-refractivity contribution in [3.05, 3.63) is 47.2 Å². The Morgan fingerprint density at radius 2 is 1.88 bits per heavy atom. The molecule has 1 saturated heterocycles. The Labute approximate surface area is 155 Å². The van der Waals surface area contributed by atoms with Crippen molar-refractivity contribution in [2.45, 2.75) is 27.2 Å². The summed E-state index contributed by atoms with van der Waals surface area (Å²) in [6, 6.07) is 10.1. The topological polar surface area (TPSA) is 61.4 Å². The van der Waals surface area contributed by atoms with Crippen LogP contribution in [0.5, 0.6) is 0 Å². The molecular formula is C20H27N5O. The number of hydrogen-bond donors (Lipinski definition) is 1. The van der Waals surface area contributed by atoms with Gasteiger partial charge < -0.3 is 15.1 Å². The van der Waals surface area contributed by atoms with E-state index >= 15 is 0 Å². The minimum absolute atomic E-state index is 0.189. The maximum absolute atomic E-state index is 12.6. The molecule has 26 heavy (non-hydrogen) atoms. The lowest BCUT2D eigenvalue weighted by molar-refractivity contribution is -0.130. The summed E-state index contributed by atoms with van der Waals surface area (Å²) >= 11 is 0. The number of aryl methyl sites for hydroxylation is 2. The third kappa shape index (κ3) is 4.50. The van der Waals surface area contributed by atoms with Crippen LogP contribution < -0.4 is 10.2 Å². The third-order valence-corrected chi connectivity index (χ3v) is 4.55. The minimum atomic E-state index is 0.189. The van der Waals surface area contributed by atoms with Crippen LogP contribution in [0, 0.1) is 13.8 Å². The molecule has 1 fully saturated rings. The van der Waals surface area contributed by atoms with Crippen LogP contribution in [0.4, 0.5) is 11.8 Å². The van der Waals surface area contributed by atoms with Crippen molar-refractivity contribution in [2.24, 2.45) is 0 Å². The van der Waals surface area contributed by atoms with E-state index in [0.717, 1.165) is 42.7 Å². The molecule has 3 rings (SSSR count). The first-order valence-electron chi connectivity index (χ1n) is 9.23. The molecule has 0 atom stereocenters. The van der Waals surface area contributed by atoms with E-state index in [9.17, 15) is 4.79 Å². The molecule has 1 aliphatic heterocycles. The molecule has 0 unspecified atom stereocenters. The summed E-state index contributed by atoms with van der Waals surface area (Å²) in [5, 5.41) is 3.24. The largest absolute Gasteiger partial charge is 0.370 e. The standard InChI is InChI=1S/C20H27N5O/c1-4-21-18-13-16(3)22-20(23-18)25-10-8-24(9-11-25)19(26)14-17-7-5-6-15(2)12-17/h5-7,12-13H,4,8-11,14H2,1-3H3,(H,21,22,23). The Balaban J connectivity index is 1.59. The van der Waals surface area contributed by atoms with Gasteiger partial charge in [0.25, 0.3) is 0 Å². The number of rotatable bonds is 5. The van der Waals surface area contributed by atoms with Gasteiger partial charge in [-0.15, -0.1) is 0 Å². The molecule has 1 aromatic carbocycles. The Bertz CT molecular complexity index is 769. The molecular weight excluding hydrogens is 326 g/mol. The summed E-state index contributed by atoms with van der Waals surface area (Å²) in [5.41, 5.74) is 3.21. The zero-order valence-corrected chi connectivity index (χ0v) is 15.8. The molecule has 2 heterocycles. The van der Waals surface area contributed by atoms with Gasteiger partial charge in [-0.1, -0.05) is 29.8 Å². The number of aromatic nitrogens is 2. The van der Waals surface area contributed by atoms with E-state index in [2.05, 4.69) is 46.2 Å². The molecule has 1 amide bonds. The predicted molar refractivity (Wildman–Crippen MR) is 105 cm³/mol. The van der Waals surface area contributed by atoms with Gasteiger partial charge in [0.1, 0.15) is 5.82 Å². The highest BCUT2D eigenvalue weighted by molar-refractivity contribution is 5.79. The molecule has 1 N–H and O–H groups in total. The number of piperazine rings is 1. The van der Waals surface area contributed by atoms with E-state index in [1.54, 1.807) is 0 Å². The van der Waals surface area contributed by atoms with Gasteiger partial charge in [0, 0.05) is 44.5 Å². The lowest BCUT2D eigenvalue weighted by Crippen LogP contribution is -2.49. The third-order valence-electron chi connectivity index (χ3n) is 4.55. The first-order valence-corrected chi connectivity index (χ1v) is 9.23. The van der Waals surface area contributed by atoms with Crippen molar-refractivity contribution in [1.29, 1.82) is 0 Å². The molecule has 1 aromatic heterocycles. The fraction of sp³-hybridized carbons (Fsp3) is 0.450. The molecule has 0 bridgehead atoms. The number of hydrogen-bond acceptors (Lipinski definition) is 5. The van der Waals surface area contributed by atoms with E-state index < -0.39 is 0 Å². The Kier molecular flexibility index (Phi) is 5.71. The van der Waals surface area contributed by atoms with Gasteiger partial charge in [-0.3, -0.25) is 4.79 Å². The average Bonchev–Trinajstić information content (AvgIpc) is 2.62. The Morgan fingerprint density at radius 3 is 2.58 bits per heavy atom. The van der Waals surface area contributed by atoms with E-state index in [1.165, 1.54) is 5.56 Å². The summed E-state index contributed by atoms with van der Waals surface area (Å²) in [6.07, 6.45) is 0.465. The number of carbonyl (C=O) groups is 1. The van der Waals surface area contributed by atoms with Crippen molar-refractivity contribution in [3.8, 4) is 0 Å². The second-order valence-corrected chi connectivity index (χ2v) is 6.76. The van der Waals surface area contributed by atoms with Crippen LogP contribution in [-0.4, -0.2) is 53.5 Å². The number of anilines is 2. The molecule has 0 saturated carbocycles. The van der Waals surface area contributed by atoms with Crippen molar-refractivity contribution in [2.75, 3.05) is 42.9 Å². The first kappa shape index (κ1) is 18.2. The maximum atomic E-state index is 12.6. The van der Waals surface area contributed by atoms with Gasteiger partial charge in [-0.2, -0.15) is 4.98 Å². The van der Waals surface area contributed by atoms with Crippen molar-refractivity contribution in [3.63, 3.8) is 0 Å². The van der Waals surface area contributed by atoms with Gasteiger partial charge in [-0.25, -0.2) is 4.98 Å². The van der Waals surface area contributed by atoms with Gasteiger partial charge in [0.15, 0.2) is 0 Å².